The molecular weight excluding hydrogens is 332 g/mol. The summed E-state index contributed by atoms with van der Waals surface area (Å²) >= 11 is 0. The monoisotopic (exact) mass is 358 g/mol. The molecule has 140 valence electrons. The summed E-state index contributed by atoms with van der Waals surface area (Å²) in [4.78, 5) is 29.8. The molecule has 1 aliphatic carbocycles. The van der Waals surface area contributed by atoms with Crippen LogP contribution in [0.5, 0.6) is 0 Å². The summed E-state index contributed by atoms with van der Waals surface area (Å²) in [6.07, 6.45) is 3.50. The van der Waals surface area contributed by atoms with E-state index in [4.69, 9.17) is 4.74 Å². The van der Waals surface area contributed by atoms with Crippen molar-refractivity contribution in [3.63, 3.8) is 0 Å². The van der Waals surface area contributed by atoms with Crippen LogP contribution in [0.15, 0.2) is 24.3 Å². The lowest BCUT2D eigenvalue weighted by atomic mass is 9.71. The topological polar surface area (TPSA) is 70.1 Å². The van der Waals surface area contributed by atoms with Crippen molar-refractivity contribution >= 4 is 11.9 Å². The minimum atomic E-state index is -0.816. The van der Waals surface area contributed by atoms with Gasteiger partial charge in [0.25, 0.3) is 5.91 Å². The first-order valence-electron chi connectivity index (χ1n) is 9.57. The number of carbonyl (C=O) groups is 2. The Morgan fingerprint density at radius 2 is 1.85 bits per heavy atom. The Kier molecular flexibility index (Phi) is 4.71. The molecule has 0 radical (unpaired) electrons. The van der Waals surface area contributed by atoms with E-state index in [0.29, 0.717) is 17.7 Å². The van der Waals surface area contributed by atoms with E-state index in [1.165, 1.54) is 0 Å². The van der Waals surface area contributed by atoms with Gasteiger partial charge in [-0.05, 0) is 24.5 Å². The fourth-order valence-electron chi connectivity index (χ4n) is 5.04. The highest BCUT2D eigenvalue weighted by molar-refractivity contribution is 6.01. The second kappa shape index (κ2) is 7.00. The lowest BCUT2D eigenvalue weighted by Gasteiger charge is -2.49. The molecule has 3 aliphatic rings. The number of fused-ring (bicyclic) bond motifs is 1. The van der Waals surface area contributed by atoms with Gasteiger partial charge in [-0.15, -0.1) is 0 Å². The average Bonchev–Trinajstić information content (AvgIpc) is 3.12. The summed E-state index contributed by atoms with van der Waals surface area (Å²) in [5, 5.41) is 10.1. The van der Waals surface area contributed by atoms with Crippen molar-refractivity contribution < 1.29 is 19.4 Å². The van der Waals surface area contributed by atoms with Gasteiger partial charge in [0, 0.05) is 31.7 Å². The molecule has 2 heterocycles. The van der Waals surface area contributed by atoms with Gasteiger partial charge in [0.1, 0.15) is 5.92 Å². The molecular formula is C20H26N2O4. The van der Waals surface area contributed by atoms with Crippen LogP contribution in [0.4, 0.5) is 0 Å². The fourth-order valence-corrected chi connectivity index (χ4v) is 5.04. The number of hydrogen-bond acceptors (Lipinski definition) is 4. The summed E-state index contributed by atoms with van der Waals surface area (Å²) < 4.78 is 5.40. The molecule has 0 aromatic heterocycles. The Hall–Kier alpha value is -1.92. The van der Waals surface area contributed by atoms with E-state index in [9.17, 15) is 14.7 Å². The Balaban J connectivity index is 1.69. The van der Waals surface area contributed by atoms with Crippen LogP contribution in [0.25, 0.3) is 0 Å². The molecule has 1 amide bonds. The first-order chi connectivity index (χ1) is 12.6. The summed E-state index contributed by atoms with van der Waals surface area (Å²) in [5.74, 6) is -1.46. The summed E-state index contributed by atoms with van der Waals surface area (Å²) in [6, 6.07) is 7.26. The van der Waals surface area contributed by atoms with Crippen molar-refractivity contribution in [2.45, 2.75) is 37.1 Å². The van der Waals surface area contributed by atoms with Crippen LogP contribution in [0.1, 0.15) is 47.5 Å². The zero-order chi connectivity index (χ0) is 18.1. The number of rotatable bonds is 4. The summed E-state index contributed by atoms with van der Waals surface area (Å²) in [6.45, 7) is 4.53. The standard InChI is InChI=1S/C20H26N2O4/c23-18-16-6-2-1-5-15(16)17(19(24)25)20(7-3-4-8-20)22(18)10-9-21-11-13-26-14-12-21/h1-2,5-6,17H,3-4,7-14H2,(H,24,25)/t17-/m1/s1. The summed E-state index contributed by atoms with van der Waals surface area (Å²) in [5.41, 5.74) is 0.665. The number of hydrogen-bond donors (Lipinski definition) is 1. The number of morpholine rings is 1. The number of aliphatic carboxylic acids is 1. The van der Waals surface area contributed by atoms with Crippen LogP contribution in [-0.4, -0.2) is 71.7 Å². The number of amides is 1. The average molecular weight is 358 g/mol. The Morgan fingerprint density at radius 1 is 1.15 bits per heavy atom. The third-order valence-corrected chi connectivity index (χ3v) is 6.28. The van der Waals surface area contributed by atoms with Crippen molar-refractivity contribution in [2.75, 3.05) is 39.4 Å². The molecule has 0 unspecified atom stereocenters. The van der Waals surface area contributed by atoms with E-state index in [1.54, 1.807) is 6.07 Å². The maximum Gasteiger partial charge on any atom is 0.313 e. The molecule has 1 aromatic carbocycles. The Bertz CT molecular complexity index is 693. The molecule has 1 saturated heterocycles. The van der Waals surface area contributed by atoms with Gasteiger partial charge in [0.2, 0.25) is 0 Å². The molecule has 1 atom stereocenters. The van der Waals surface area contributed by atoms with Gasteiger partial charge in [0.15, 0.2) is 0 Å². The fraction of sp³-hybridized carbons (Fsp3) is 0.600. The molecule has 26 heavy (non-hydrogen) atoms. The lowest BCUT2D eigenvalue weighted by molar-refractivity contribution is -0.143. The predicted octanol–water partition coefficient (Wildman–Crippen LogP) is 1.96. The van der Waals surface area contributed by atoms with Gasteiger partial charge in [0.05, 0.1) is 18.8 Å². The van der Waals surface area contributed by atoms with Crippen LogP contribution in [-0.2, 0) is 9.53 Å². The number of ether oxygens (including phenoxy) is 1. The molecule has 1 spiro atoms. The molecule has 6 heteroatoms. The third-order valence-electron chi connectivity index (χ3n) is 6.28. The second-order valence-corrected chi connectivity index (χ2v) is 7.58. The minimum absolute atomic E-state index is 0.00624. The van der Waals surface area contributed by atoms with Gasteiger partial charge < -0.3 is 14.7 Å². The number of carboxylic acids is 1. The largest absolute Gasteiger partial charge is 0.481 e. The van der Waals surface area contributed by atoms with Gasteiger partial charge in [-0.3, -0.25) is 14.5 Å². The number of nitrogens with zero attached hydrogens (tertiary/aromatic N) is 2. The van der Waals surface area contributed by atoms with E-state index < -0.39 is 17.4 Å². The van der Waals surface area contributed by atoms with E-state index in [0.717, 1.165) is 58.5 Å². The van der Waals surface area contributed by atoms with Crippen molar-refractivity contribution in [2.24, 2.45) is 0 Å². The molecule has 2 fully saturated rings. The van der Waals surface area contributed by atoms with Gasteiger partial charge in [-0.2, -0.15) is 0 Å². The van der Waals surface area contributed by atoms with Crippen LogP contribution in [0, 0.1) is 0 Å². The number of carboxylic acid groups (broad SMARTS) is 1. The maximum absolute atomic E-state index is 13.3. The van der Waals surface area contributed by atoms with Crippen molar-refractivity contribution in [1.29, 1.82) is 0 Å². The second-order valence-electron chi connectivity index (χ2n) is 7.58. The van der Waals surface area contributed by atoms with E-state index >= 15 is 0 Å². The van der Waals surface area contributed by atoms with Crippen molar-refractivity contribution in [3.8, 4) is 0 Å². The van der Waals surface area contributed by atoms with E-state index in [-0.39, 0.29) is 5.91 Å². The lowest BCUT2D eigenvalue weighted by Crippen LogP contribution is -2.60. The van der Waals surface area contributed by atoms with Crippen LogP contribution >= 0.6 is 0 Å². The normalized spacial score (nSPS) is 25.5. The van der Waals surface area contributed by atoms with Crippen molar-refractivity contribution in [3.05, 3.63) is 35.4 Å². The van der Waals surface area contributed by atoms with Gasteiger partial charge in [-0.1, -0.05) is 31.0 Å². The molecule has 1 aromatic rings. The molecule has 2 aliphatic heterocycles. The predicted molar refractivity (Wildman–Crippen MR) is 96.3 cm³/mol. The zero-order valence-electron chi connectivity index (χ0n) is 15.0. The first-order valence-corrected chi connectivity index (χ1v) is 9.57. The molecule has 1 N–H and O–H groups in total. The quantitative estimate of drug-likeness (QED) is 0.891. The molecule has 0 bridgehead atoms. The number of benzene rings is 1. The number of carbonyl (C=O) groups excluding carboxylic acids is 1. The zero-order valence-corrected chi connectivity index (χ0v) is 15.0. The SMILES string of the molecule is O=C(O)[C@H]1c2ccccc2C(=O)N(CCN2CCOCC2)C12CCCC2. The van der Waals surface area contributed by atoms with E-state index in [1.807, 2.05) is 23.1 Å². The highest BCUT2D eigenvalue weighted by atomic mass is 16.5. The van der Waals surface area contributed by atoms with Crippen LogP contribution < -0.4 is 0 Å². The Morgan fingerprint density at radius 3 is 2.54 bits per heavy atom. The van der Waals surface area contributed by atoms with E-state index in [2.05, 4.69) is 4.90 Å². The smallest absolute Gasteiger partial charge is 0.313 e. The third kappa shape index (κ3) is 2.81. The minimum Gasteiger partial charge on any atom is -0.481 e. The van der Waals surface area contributed by atoms with Crippen LogP contribution in [0.3, 0.4) is 0 Å². The Labute approximate surface area is 153 Å². The van der Waals surface area contributed by atoms with Gasteiger partial charge >= 0.3 is 5.97 Å². The van der Waals surface area contributed by atoms with Crippen molar-refractivity contribution in [1.82, 2.24) is 9.80 Å². The summed E-state index contributed by atoms with van der Waals surface area (Å²) in [7, 11) is 0. The van der Waals surface area contributed by atoms with Gasteiger partial charge in [-0.25, -0.2) is 0 Å². The van der Waals surface area contributed by atoms with Crippen LogP contribution in [0.2, 0.25) is 0 Å². The molecule has 6 nitrogen and oxygen atoms in total. The maximum atomic E-state index is 13.3. The highest BCUT2D eigenvalue weighted by Gasteiger charge is 2.55. The first kappa shape index (κ1) is 17.5. The molecule has 4 rings (SSSR count). The molecule has 1 saturated carbocycles. The highest BCUT2D eigenvalue weighted by Crippen LogP contribution is 2.50.